The van der Waals surface area contributed by atoms with Crippen LogP contribution < -0.4 is 20.5 Å². The van der Waals surface area contributed by atoms with E-state index in [1.807, 2.05) is 5.32 Å². The molecular formula is C14H18F2N2O5S. The maximum absolute atomic E-state index is 12.9. The Morgan fingerprint density at radius 2 is 1.92 bits per heavy atom. The van der Waals surface area contributed by atoms with Gasteiger partial charge in [0.05, 0.1) is 23.7 Å². The fourth-order valence-electron chi connectivity index (χ4n) is 1.95. The lowest BCUT2D eigenvalue weighted by molar-refractivity contribution is -0.122. The van der Waals surface area contributed by atoms with Crippen molar-refractivity contribution in [3.8, 4) is 11.5 Å². The minimum absolute atomic E-state index is 0.0214. The zero-order chi connectivity index (χ0) is 17.8. The lowest BCUT2D eigenvalue weighted by atomic mass is 10.3. The van der Waals surface area contributed by atoms with Crippen molar-refractivity contribution in [2.75, 3.05) is 32.1 Å². The molecule has 0 bridgehead atoms. The first kappa shape index (κ1) is 18.4. The number of fused-ring (bicyclic) bond motifs is 1. The van der Waals surface area contributed by atoms with E-state index in [1.165, 1.54) is 18.2 Å². The summed E-state index contributed by atoms with van der Waals surface area (Å²) in [6, 6.07) is 4.15. The third-order valence-electron chi connectivity index (χ3n) is 3.31. The number of halogens is 2. The van der Waals surface area contributed by atoms with E-state index >= 15 is 0 Å². The Bertz CT molecular complexity index is 709. The first-order valence-corrected chi connectivity index (χ1v) is 8.86. The van der Waals surface area contributed by atoms with Crippen LogP contribution in [-0.4, -0.2) is 52.3 Å². The molecule has 1 aromatic rings. The van der Waals surface area contributed by atoms with Gasteiger partial charge in [-0.1, -0.05) is 0 Å². The van der Waals surface area contributed by atoms with Crippen molar-refractivity contribution in [1.82, 2.24) is 5.32 Å². The fraction of sp³-hybridized carbons (Fsp3) is 0.500. The molecule has 1 aromatic carbocycles. The molecule has 134 valence electrons. The number of nitrogens with one attached hydrogen (secondary N) is 1. The van der Waals surface area contributed by atoms with Gasteiger partial charge < -0.3 is 20.5 Å². The number of ether oxygens (including phenoxy) is 2. The van der Waals surface area contributed by atoms with Gasteiger partial charge in [0.25, 0.3) is 5.92 Å². The third kappa shape index (κ3) is 4.78. The molecule has 0 aromatic heterocycles. The molecule has 10 heteroatoms. The van der Waals surface area contributed by atoms with Gasteiger partial charge >= 0.3 is 0 Å². The predicted octanol–water partition coefficient (Wildman–Crippen LogP) is 0.332. The summed E-state index contributed by atoms with van der Waals surface area (Å²) in [5.74, 6) is -3.75. The lowest BCUT2D eigenvalue weighted by Crippen LogP contribution is -2.41. The first-order valence-electron chi connectivity index (χ1n) is 7.20. The zero-order valence-corrected chi connectivity index (χ0v) is 13.6. The molecule has 0 atom stereocenters. The Hall–Kier alpha value is -1.94. The summed E-state index contributed by atoms with van der Waals surface area (Å²) in [4.78, 5) is 11.5. The van der Waals surface area contributed by atoms with E-state index in [0.29, 0.717) is 24.7 Å². The highest BCUT2D eigenvalue weighted by Crippen LogP contribution is 2.32. The summed E-state index contributed by atoms with van der Waals surface area (Å²) in [5.41, 5.74) is 4.85. The molecule has 3 N–H and O–H groups in total. The van der Waals surface area contributed by atoms with E-state index < -0.39 is 46.9 Å². The maximum atomic E-state index is 12.9. The number of carbonyl (C=O) groups excluding carboxylic acids is 1. The van der Waals surface area contributed by atoms with Crippen molar-refractivity contribution in [2.24, 2.45) is 5.73 Å². The van der Waals surface area contributed by atoms with Gasteiger partial charge in [0.2, 0.25) is 5.91 Å². The monoisotopic (exact) mass is 364 g/mol. The van der Waals surface area contributed by atoms with Gasteiger partial charge in [-0.25, -0.2) is 17.2 Å². The van der Waals surface area contributed by atoms with Gasteiger partial charge in [-0.05, 0) is 12.1 Å². The third-order valence-corrected chi connectivity index (χ3v) is 5.03. The number of nitrogens with two attached hydrogens (primary N) is 1. The van der Waals surface area contributed by atoms with Crippen LogP contribution in [0.1, 0.15) is 6.42 Å². The summed E-state index contributed by atoms with van der Waals surface area (Å²) in [7, 11) is -3.76. The van der Waals surface area contributed by atoms with Gasteiger partial charge in [0.15, 0.2) is 21.3 Å². The molecule has 2 rings (SSSR count). The van der Waals surface area contributed by atoms with Crippen molar-refractivity contribution in [3.63, 3.8) is 0 Å². The Labute approximate surface area is 138 Å². The molecule has 1 heterocycles. The molecule has 1 aliphatic rings. The van der Waals surface area contributed by atoms with E-state index in [1.54, 1.807) is 0 Å². The second-order valence-electron chi connectivity index (χ2n) is 5.21. The van der Waals surface area contributed by atoms with Crippen LogP contribution in [0.5, 0.6) is 11.5 Å². The Kier molecular flexibility index (Phi) is 5.60. The van der Waals surface area contributed by atoms with E-state index in [9.17, 15) is 22.0 Å². The maximum Gasteiger partial charge on any atom is 0.277 e. The quantitative estimate of drug-likeness (QED) is 0.722. The summed E-state index contributed by atoms with van der Waals surface area (Å²) in [6.07, 6.45) is -0.433. The van der Waals surface area contributed by atoms with Crippen LogP contribution in [0.3, 0.4) is 0 Å². The molecule has 0 saturated heterocycles. The summed E-state index contributed by atoms with van der Waals surface area (Å²) in [5, 5.41) is 1.97. The van der Waals surface area contributed by atoms with Gasteiger partial charge in [-0.15, -0.1) is 0 Å². The lowest BCUT2D eigenvalue weighted by Gasteiger charge is -2.18. The SMILES string of the molecule is NCC(F)(F)CNC(=O)CCS(=O)(=O)c1ccc2c(c1)OCCO2. The minimum Gasteiger partial charge on any atom is -0.486 e. The first-order chi connectivity index (χ1) is 11.2. The molecule has 7 nitrogen and oxygen atoms in total. The summed E-state index contributed by atoms with van der Waals surface area (Å²) >= 11 is 0. The van der Waals surface area contributed by atoms with Crippen LogP contribution in [0.4, 0.5) is 8.78 Å². The van der Waals surface area contributed by atoms with Crippen molar-refractivity contribution in [3.05, 3.63) is 18.2 Å². The molecule has 1 aliphatic heterocycles. The highest BCUT2D eigenvalue weighted by molar-refractivity contribution is 7.91. The molecule has 0 saturated carbocycles. The van der Waals surface area contributed by atoms with Gasteiger partial charge in [-0.2, -0.15) is 0 Å². The van der Waals surface area contributed by atoms with Crippen LogP contribution in [0.15, 0.2) is 23.1 Å². The average molecular weight is 364 g/mol. The number of benzene rings is 1. The number of sulfone groups is 1. The molecule has 0 aliphatic carbocycles. The molecule has 0 fully saturated rings. The molecule has 0 unspecified atom stereocenters. The van der Waals surface area contributed by atoms with Crippen molar-refractivity contribution in [2.45, 2.75) is 17.2 Å². The molecule has 0 radical (unpaired) electrons. The second-order valence-corrected chi connectivity index (χ2v) is 7.32. The Morgan fingerprint density at radius 1 is 1.25 bits per heavy atom. The topological polar surface area (TPSA) is 108 Å². The highest BCUT2D eigenvalue weighted by Gasteiger charge is 2.27. The zero-order valence-electron chi connectivity index (χ0n) is 12.8. The van der Waals surface area contributed by atoms with Crippen molar-refractivity contribution < 1.29 is 31.5 Å². The van der Waals surface area contributed by atoms with Crippen LogP contribution >= 0.6 is 0 Å². The minimum atomic E-state index is -3.76. The Balaban J connectivity index is 1.95. The normalized spacial score (nSPS) is 14.3. The number of amides is 1. The van der Waals surface area contributed by atoms with Gasteiger partial charge in [-0.3, -0.25) is 4.79 Å². The molecular weight excluding hydrogens is 346 g/mol. The number of rotatable bonds is 7. The van der Waals surface area contributed by atoms with Crippen LogP contribution in [0.25, 0.3) is 0 Å². The van der Waals surface area contributed by atoms with Crippen molar-refractivity contribution >= 4 is 15.7 Å². The van der Waals surface area contributed by atoms with Crippen LogP contribution in [-0.2, 0) is 14.6 Å². The summed E-state index contributed by atoms with van der Waals surface area (Å²) in [6.45, 7) is -1.13. The van der Waals surface area contributed by atoms with E-state index in [2.05, 4.69) is 0 Å². The number of alkyl halides is 2. The van der Waals surface area contributed by atoms with Crippen LogP contribution in [0, 0.1) is 0 Å². The average Bonchev–Trinajstić information content (AvgIpc) is 2.58. The van der Waals surface area contributed by atoms with E-state index in [0.717, 1.165) is 0 Å². The van der Waals surface area contributed by atoms with E-state index in [-0.39, 0.29) is 4.90 Å². The molecule has 0 spiro atoms. The number of hydrogen-bond donors (Lipinski definition) is 2. The molecule has 1 amide bonds. The largest absolute Gasteiger partial charge is 0.486 e. The summed E-state index contributed by atoms with van der Waals surface area (Å²) < 4.78 is 60.9. The van der Waals surface area contributed by atoms with Crippen LogP contribution in [0.2, 0.25) is 0 Å². The smallest absolute Gasteiger partial charge is 0.277 e. The van der Waals surface area contributed by atoms with E-state index in [4.69, 9.17) is 15.2 Å². The van der Waals surface area contributed by atoms with Gasteiger partial charge in [0.1, 0.15) is 13.2 Å². The Morgan fingerprint density at radius 3 is 2.58 bits per heavy atom. The standard InChI is InChI=1S/C14H18F2N2O5S/c15-14(16,8-17)9-18-13(19)3-6-24(20,21)10-1-2-11-12(7-10)23-5-4-22-11/h1-2,7H,3-6,8-9,17H2,(H,18,19). The fourth-order valence-corrected chi connectivity index (χ4v) is 3.20. The number of carbonyl (C=O) groups is 1. The van der Waals surface area contributed by atoms with Crippen molar-refractivity contribution in [1.29, 1.82) is 0 Å². The number of hydrogen-bond acceptors (Lipinski definition) is 6. The van der Waals surface area contributed by atoms with Gasteiger partial charge in [0, 0.05) is 12.5 Å². The predicted molar refractivity (Wildman–Crippen MR) is 81.1 cm³/mol. The second kappa shape index (κ2) is 7.31. The highest BCUT2D eigenvalue weighted by atomic mass is 32.2. The molecule has 24 heavy (non-hydrogen) atoms.